The molecule has 0 bridgehead atoms. The third-order valence-electron chi connectivity index (χ3n) is 2.36. The molecule has 1 atom stereocenters. The standard InChI is InChI=1S/C11H13BrClF3N2O/c1-19-3-2-8(5-13)18-10-9(11(14,15)16)4-7(12)6-17-10/h4,6,8H,2-3,5H2,1H3,(H,17,18). The van der Waals surface area contributed by atoms with Crippen LogP contribution in [0, 0.1) is 0 Å². The summed E-state index contributed by atoms with van der Waals surface area (Å²) in [6.45, 7) is 0.405. The minimum atomic E-state index is -4.47. The second-order valence-electron chi connectivity index (χ2n) is 3.82. The first-order valence-electron chi connectivity index (χ1n) is 5.42. The predicted octanol–water partition coefficient (Wildman–Crippen LogP) is 3.92. The lowest BCUT2D eigenvalue weighted by Crippen LogP contribution is -2.25. The van der Waals surface area contributed by atoms with E-state index >= 15 is 0 Å². The number of aromatic nitrogens is 1. The van der Waals surface area contributed by atoms with Crippen molar-refractivity contribution >= 4 is 33.3 Å². The number of alkyl halides is 4. The van der Waals surface area contributed by atoms with Crippen molar-refractivity contribution in [2.24, 2.45) is 0 Å². The normalized spacial score (nSPS) is 13.4. The van der Waals surface area contributed by atoms with E-state index in [1.807, 2.05) is 0 Å². The minimum absolute atomic E-state index is 0.165. The van der Waals surface area contributed by atoms with Crippen molar-refractivity contribution in [3.05, 3.63) is 22.3 Å². The first-order chi connectivity index (χ1) is 8.88. The maximum atomic E-state index is 12.9. The lowest BCUT2D eigenvalue weighted by molar-refractivity contribution is -0.137. The van der Waals surface area contributed by atoms with E-state index in [2.05, 4.69) is 26.2 Å². The molecule has 3 nitrogen and oxygen atoms in total. The zero-order chi connectivity index (χ0) is 14.5. The second kappa shape index (κ2) is 7.31. The van der Waals surface area contributed by atoms with Gasteiger partial charge in [0.15, 0.2) is 0 Å². The summed E-state index contributed by atoms with van der Waals surface area (Å²) in [6.07, 6.45) is -2.68. The molecular formula is C11H13BrClF3N2O. The summed E-state index contributed by atoms with van der Waals surface area (Å²) in [4.78, 5) is 3.76. The molecule has 1 heterocycles. The molecule has 8 heteroatoms. The van der Waals surface area contributed by atoms with E-state index in [4.69, 9.17) is 16.3 Å². The smallest absolute Gasteiger partial charge is 0.385 e. The fourth-order valence-electron chi connectivity index (χ4n) is 1.41. The van der Waals surface area contributed by atoms with Crippen LogP contribution < -0.4 is 5.32 Å². The highest BCUT2D eigenvalue weighted by Crippen LogP contribution is 2.35. The van der Waals surface area contributed by atoms with Gasteiger partial charge in [-0.05, 0) is 28.4 Å². The number of methoxy groups -OCH3 is 1. The molecule has 0 saturated heterocycles. The van der Waals surface area contributed by atoms with Gasteiger partial charge in [-0.15, -0.1) is 11.6 Å². The Kier molecular flexibility index (Phi) is 6.35. The molecule has 1 N–H and O–H groups in total. The van der Waals surface area contributed by atoms with Crippen molar-refractivity contribution in [1.29, 1.82) is 0 Å². The Labute approximate surface area is 122 Å². The van der Waals surface area contributed by atoms with E-state index in [-0.39, 0.29) is 22.2 Å². The number of ether oxygens (including phenoxy) is 1. The molecule has 108 valence electrons. The van der Waals surface area contributed by atoms with Crippen molar-refractivity contribution in [2.45, 2.75) is 18.6 Å². The number of halogens is 5. The number of pyridine rings is 1. The van der Waals surface area contributed by atoms with Gasteiger partial charge in [0.05, 0.1) is 5.56 Å². The fraction of sp³-hybridized carbons (Fsp3) is 0.545. The third-order valence-corrected chi connectivity index (χ3v) is 3.16. The van der Waals surface area contributed by atoms with Gasteiger partial charge in [0.25, 0.3) is 0 Å². The lowest BCUT2D eigenvalue weighted by Gasteiger charge is -2.19. The van der Waals surface area contributed by atoms with Crippen LogP contribution in [0.2, 0.25) is 0 Å². The SMILES string of the molecule is COCCC(CCl)Nc1ncc(Br)cc1C(F)(F)F. The first-order valence-corrected chi connectivity index (χ1v) is 6.75. The van der Waals surface area contributed by atoms with Gasteiger partial charge in [-0.2, -0.15) is 13.2 Å². The van der Waals surface area contributed by atoms with Crippen LogP contribution in [0.4, 0.5) is 19.0 Å². The van der Waals surface area contributed by atoms with Gasteiger partial charge in [0.2, 0.25) is 0 Å². The molecule has 0 aliphatic rings. The zero-order valence-corrected chi connectivity index (χ0v) is 12.4. The number of nitrogens with zero attached hydrogens (tertiary/aromatic N) is 1. The van der Waals surface area contributed by atoms with Crippen LogP contribution in [-0.4, -0.2) is 30.6 Å². The van der Waals surface area contributed by atoms with Crippen molar-refractivity contribution in [3.63, 3.8) is 0 Å². The van der Waals surface area contributed by atoms with Crippen LogP contribution in [-0.2, 0) is 10.9 Å². The molecule has 0 radical (unpaired) electrons. The van der Waals surface area contributed by atoms with Crippen LogP contribution in [0.3, 0.4) is 0 Å². The Morgan fingerprint density at radius 1 is 1.53 bits per heavy atom. The highest BCUT2D eigenvalue weighted by Gasteiger charge is 2.35. The van der Waals surface area contributed by atoms with Crippen LogP contribution in [0.25, 0.3) is 0 Å². The number of anilines is 1. The quantitative estimate of drug-likeness (QED) is 0.780. The molecule has 0 amide bonds. The largest absolute Gasteiger partial charge is 0.419 e. The Bertz CT molecular complexity index is 417. The maximum absolute atomic E-state index is 12.9. The summed E-state index contributed by atoms with van der Waals surface area (Å²) >= 11 is 8.69. The molecule has 1 aromatic heterocycles. The van der Waals surface area contributed by atoms with Gasteiger partial charge in [0, 0.05) is 36.3 Å². The number of rotatable bonds is 6. The Morgan fingerprint density at radius 3 is 2.74 bits per heavy atom. The molecule has 1 rings (SSSR count). The Morgan fingerprint density at radius 2 is 2.21 bits per heavy atom. The van der Waals surface area contributed by atoms with Gasteiger partial charge in [-0.1, -0.05) is 0 Å². The summed E-state index contributed by atoms with van der Waals surface area (Å²) in [7, 11) is 1.52. The summed E-state index contributed by atoms with van der Waals surface area (Å²) in [5.74, 6) is -0.0595. The topological polar surface area (TPSA) is 34.1 Å². The zero-order valence-electron chi connectivity index (χ0n) is 10.1. The molecule has 0 aliphatic heterocycles. The Balaban J connectivity index is 2.93. The minimum Gasteiger partial charge on any atom is -0.385 e. The molecule has 19 heavy (non-hydrogen) atoms. The number of hydrogen-bond donors (Lipinski definition) is 1. The van der Waals surface area contributed by atoms with E-state index in [1.165, 1.54) is 13.3 Å². The molecule has 1 unspecified atom stereocenters. The summed E-state index contributed by atoms with van der Waals surface area (Å²) in [5, 5.41) is 2.70. The fourth-order valence-corrected chi connectivity index (χ4v) is 1.97. The van der Waals surface area contributed by atoms with Crippen LogP contribution in [0.1, 0.15) is 12.0 Å². The third kappa shape index (κ3) is 5.16. The first kappa shape index (κ1) is 16.5. The van der Waals surface area contributed by atoms with Crippen molar-refractivity contribution < 1.29 is 17.9 Å². The number of hydrogen-bond acceptors (Lipinski definition) is 3. The molecule has 1 aromatic rings. The molecule has 0 fully saturated rings. The van der Waals surface area contributed by atoms with E-state index in [9.17, 15) is 13.2 Å². The van der Waals surface area contributed by atoms with Gasteiger partial charge in [-0.25, -0.2) is 4.98 Å². The van der Waals surface area contributed by atoms with E-state index in [0.29, 0.717) is 13.0 Å². The highest BCUT2D eigenvalue weighted by molar-refractivity contribution is 9.10. The Hall–Kier alpha value is -0.530. The van der Waals surface area contributed by atoms with Crippen LogP contribution in [0.15, 0.2) is 16.7 Å². The molecule has 0 saturated carbocycles. The molecule has 0 spiro atoms. The second-order valence-corrected chi connectivity index (χ2v) is 5.05. The lowest BCUT2D eigenvalue weighted by atomic mass is 10.2. The number of nitrogens with one attached hydrogen (secondary N) is 1. The van der Waals surface area contributed by atoms with Crippen LogP contribution in [0.5, 0.6) is 0 Å². The van der Waals surface area contributed by atoms with Gasteiger partial charge >= 0.3 is 6.18 Å². The average Bonchev–Trinajstić information content (AvgIpc) is 2.34. The monoisotopic (exact) mass is 360 g/mol. The van der Waals surface area contributed by atoms with Gasteiger partial charge in [-0.3, -0.25) is 0 Å². The van der Waals surface area contributed by atoms with E-state index in [1.54, 1.807) is 0 Å². The summed E-state index contributed by atoms with van der Waals surface area (Å²) in [6, 6.07) is 0.646. The molecular weight excluding hydrogens is 348 g/mol. The predicted molar refractivity (Wildman–Crippen MR) is 71.6 cm³/mol. The van der Waals surface area contributed by atoms with Gasteiger partial charge < -0.3 is 10.1 Å². The van der Waals surface area contributed by atoms with E-state index < -0.39 is 11.7 Å². The summed E-state index contributed by atoms with van der Waals surface area (Å²) in [5.41, 5.74) is -0.825. The van der Waals surface area contributed by atoms with Crippen molar-refractivity contribution in [3.8, 4) is 0 Å². The van der Waals surface area contributed by atoms with Crippen LogP contribution >= 0.6 is 27.5 Å². The maximum Gasteiger partial charge on any atom is 0.419 e. The van der Waals surface area contributed by atoms with Crippen molar-refractivity contribution in [2.75, 3.05) is 24.9 Å². The van der Waals surface area contributed by atoms with Gasteiger partial charge in [0.1, 0.15) is 5.82 Å². The highest BCUT2D eigenvalue weighted by atomic mass is 79.9. The molecule has 0 aromatic carbocycles. The average molecular weight is 362 g/mol. The van der Waals surface area contributed by atoms with E-state index in [0.717, 1.165) is 6.07 Å². The van der Waals surface area contributed by atoms with Crippen molar-refractivity contribution in [1.82, 2.24) is 4.98 Å². The summed E-state index contributed by atoms with van der Waals surface area (Å²) < 4.78 is 43.8. The molecule has 0 aliphatic carbocycles.